The molecule has 0 spiro atoms. The lowest BCUT2D eigenvalue weighted by Gasteiger charge is -2.34. The van der Waals surface area contributed by atoms with E-state index in [1.165, 1.54) is 17.8 Å². The molecule has 3 aliphatic rings. The third kappa shape index (κ3) is 5.00. The number of hydrogen-bond donors (Lipinski definition) is 3. The highest BCUT2D eigenvalue weighted by atomic mass is 35.5. The van der Waals surface area contributed by atoms with Crippen molar-refractivity contribution in [2.45, 2.75) is 47.7 Å². The van der Waals surface area contributed by atoms with Crippen molar-refractivity contribution in [3.05, 3.63) is 84.0 Å². The molecular weight excluding hydrogens is 550 g/mol. The van der Waals surface area contributed by atoms with Gasteiger partial charge >= 0.3 is 6.03 Å². The number of nitrogens with zero attached hydrogens (tertiary/aromatic N) is 2. The number of hydrogen-bond acceptors (Lipinski definition) is 6. The summed E-state index contributed by atoms with van der Waals surface area (Å²) in [5.41, 5.74) is 2.02. The van der Waals surface area contributed by atoms with Gasteiger partial charge in [-0.05, 0) is 61.7 Å². The smallest absolute Gasteiger partial charge is 0.327 e. The highest BCUT2D eigenvalue weighted by Gasteiger charge is 2.47. The Morgan fingerprint density at radius 1 is 1.12 bits per heavy atom. The first-order valence-corrected chi connectivity index (χ1v) is 14.2. The Morgan fingerprint density at radius 3 is 2.65 bits per heavy atom. The maximum Gasteiger partial charge on any atom is 0.327 e. The average Bonchev–Trinajstić information content (AvgIpc) is 3.55. The molecule has 0 radical (unpaired) electrons. The monoisotopic (exact) mass is 575 g/mol. The van der Waals surface area contributed by atoms with E-state index >= 15 is 0 Å². The van der Waals surface area contributed by atoms with Crippen molar-refractivity contribution in [3.63, 3.8) is 0 Å². The number of urea groups is 1. The van der Waals surface area contributed by atoms with Crippen LogP contribution in [0.4, 0.5) is 16.2 Å². The molecule has 40 heavy (non-hydrogen) atoms. The number of amides is 4. The lowest BCUT2D eigenvalue weighted by atomic mass is 9.99. The molecule has 1 saturated carbocycles. The molecule has 9 nitrogen and oxygen atoms in total. The van der Waals surface area contributed by atoms with Crippen LogP contribution in [0.15, 0.2) is 78.5 Å². The van der Waals surface area contributed by atoms with Gasteiger partial charge in [-0.15, -0.1) is 0 Å². The molecule has 4 amide bonds. The summed E-state index contributed by atoms with van der Waals surface area (Å²) in [7, 11) is 0. The minimum absolute atomic E-state index is 0.00301. The minimum atomic E-state index is -0.568. The van der Waals surface area contributed by atoms with E-state index in [4.69, 9.17) is 16.3 Å². The lowest BCUT2D eigenvalue weighted by Crippen LogP contribution is -2.50. The molecule has 3 heterocycles. The predicted octanol–water partition coefficient (Wildman–Crippen LogP) is 5.24. The van der Waals surface area contributed by atoms with Crippen molar-refractivity contribution in [1.29, 1.82) is 0 Å². The van der Waals surface area contributed by atoms with Crippen molar-refractivity contribution < 1.29 is 19.1 Å². The van der Waals surface area contributed by atoms with Gasteiger partial charge in [0.05, 0.1) is 22.4 Å². The van der Waals surface area contributed by atoms with Crippen LogP contribution in [-0.2, 0) is 9.59 Å². The third-order valence-corrected chi connectivity index (χ3v) is 8.80. The molecule has 204 valence electrons. The van der Waals surface area contributed by atoms with Gasteiger partial charge in [0.25, 0.3) is 0 Å². The van der Waals surface area contributed by atoms with E-state index in [0.29, 0.717) is 39.3 Å². The van der Waals surface area contributed by atoms with Crippen LogP contribution in [0.25, 0.3) is 0 Å². The van der Waals surface area contributed by atoms with Crippen LogP contribution in [0.1, 0.15) is 30.9 Å². The van der Waals surface area contributed by atoms with Crippen LogP contribution in [0.3, 0.4) is 0 Å². The zero-order chi connectivity index (χ0) is 27.8. The highest BCUT2D eigenvalue weighted by molar-refractivity contribution is 8.01. The molecule has 0 saturated heterocycles. The van der Waals surface area contributed by atoms with E-state index in [1.807, 2.05) is 30.3 Å². The molecule has 1 aliphatic carbocycles. The van der Waals surface area contributed by atoms with E-state index in [0.717, 1.165) is 18.4 Å². The summed E-state index contributed by atoms with van der Waals surface area (Å²) >= 11 is 7.90. The van der Waals surface area contributed by atoms with Gasteiger partial charge in [0, 0.05) is 23.8 Å². The molecule has 4 atom stereocenters. The second-order valence-electron chi connectivity index (χ2n) is 9.81. The summed E-state index contributed by atoms with van der Waals surface area (Å²) in [6.45, 7) is 3.49. The molecule has 11 heteroatoms. The van der Waals surface area contributed by atoms with Crippen molar-refractivity contribution in [2.24, 2.45) is 0 Å². The van der Waals surface area contributed by atoms with Crippen LogP contribution in [-0.4, -0.2) is 40.2 Å². The lowest BCUT2D eigenvalue weighted by molar-refractivity contribution is -0.121. The summed E-state index contributed by atoms with van der Waals surface area (Å²) in [6.07, 6.45) is 5.08. The number of aromatic nitrogens is 1. The molecule has 2 aromatic carbocycles. The number of carbonyl (C=O) groups is 3. The summed E-state index contributed by atoms with van der Waals surface area (Å²) < 4.78 is 5.89. The first kappa shape index (κ1) is 26.2. The Bertz CT molecular complexity index is 1500. The Labute approximate surface area is 240 Å². The van der Waals surface area contributed by atoms with Crippen LogP contribution < -0.4 is 25.6 Å². The number of halogens is 1. The van der Waals surface area contributed by atoms with Crippen LogP contribution in [0.2, 0.25) is 5.02 Å². The van der Waals surface area contributed by atoms with Gasteiger partial charge in [-0.3, -0.25) is 14.5 Å². The Hall–Kier alpha value is -4.02. The topological polar surface area (TPSA) is 113 Å². The number of rotatable bonds is 7. The van der Waals surface area contributed by atoms with E-state index in [1.54, 1.807) is 35.4 Å². The number of thioether (sulfide) groups is 1. The number of para-hydroxylation sites is 1. The molecule has 3 N–H and O–H groups in total. The Kier molecular flexibility index (Phi) is 7.12. The van der Waals surface area contributed by atoms with E-state index in [-0.39, 0.29) is 29.9 Å². The highest BCUT2D eigenvalue weighted by Crippen LogP contribution is 2.51. The van der Waals surface area contributed by atoms with Gasteiger partial charge in [-0.25, -0.2) is 9.78 Å². The number of benzene rings is 2. The normalized spacial score (nSPS) is 22.7. The Balaban J connectivity index is 1.20. The Morgan fingerprint density at radius 2 is 1.90 bits per heavy atom. The summed E-state index contributed by atoms with van der Waals surface area (Å²) in [4.78, 5) is 44.5. The molecule has 6 rings (SSSR count). The van der Waals surface area contributed by atoms with Crippen molar-refractivity contribution in [2.75, 3.05) is 4.90 Å². The first-order chi connectivity index (χ1) is 19.4. The largest absolute Gasteiger partial charge is 0.456 e. The van der Waals surface area contributed by atoms with Crippen LogP contribution in [0, 0.1) is 0 Å². The quantitative estimate of drug-likeness (QED) is 0.332. The summed E-state index contributed by atoms with van der Waals surface area (Å²) in [5.74, 6) is 0.737. The molecule has 2 unspecified atom stereocenters. The molecular formula is C29H26ClN5O4S. The molecule has 1 aromatic heterocycles. The molecule has 0 bridgehead atoms. The summed E-state index contributed by atoms with van der Waals surface area (Å²) in [5, 5.41) is 9.51. The van der Waals surface area contributed by atoms with E-state index in [2.05, 4.69) is 27.5 Å². The van der Waals surface area contributed by atoms with Crippen molar-refractivity contribution in [1.82, 2.24) is 20.9 Å². The van der Waals surface area contributed by atoms with Crippen LogP contribution in [0.5, 0.6) is 11.5 Å². The number of pyridine rings is 1. The second-order valence-corrected chi connectivity index (χ2v) is 11.3. The van der Waals surface area contributed by atoms with Gasteiger partial charge in [0.1, 0.15) is 21.8 Å². The maximum atomic E-state index is 13.5. The van der Waals surface area contributed by atoms with Gasteiger partial charge in [-0.1, -0.05) is 48.1 Å². The van der Waals surface area contributed by atoms with Gasteiger partial charge in [0.2, 0.25) is 11.8 Å². The molecule has 2 aliphatic heterocycles. The fourth-order valence-electron chi connectivity index (χ4n) is 5.40. The average molecular weight is 576 g/mol. The van der Waals surface area contributed by atoms with Crippen LogP contribution >= 0.6 is 23.4 Å². The fraction of sp³-hybridized carbons (Fsp3) is 0.241. The van der Waals surface area contributed by atoms with Gasteiger partial charge in [-0.2, -0.15) is 0 Å². The minimum Gasteiger partial charge on any atom is -0.456 e. The molecule has 3 aromatic rings. The third-order valence-electron chi connectivity index (χ3n) is 7.22. The summed E-state index contributed by atoms with van der Waals surface area (Å²) in [6, 6.07) is 15.3. The van der Waals surface area contributed by atoms with E-state index < -0.39 is 11.3 Å². The van der Waals surface area contributed by atoms with E-state index in [9.17, 15) is 14.4 Å². The predicted molar refractivity (Wildman–Crippen MR) is 153 cm³/mol. The van der Waals surface area contributed by atoms with Crippen molar-refractivity contribution >= 4 is 52.6 Å². The van der Waals surface area contributed by atoms with Gasteiger partial charge in [0.15, 0.2) is 0 Å². The standard InChI is InChI=1S/C29H26ClN5O4S/c1-2-23(36)32-16-8-9-17(14-16)33-27(37)26-25-24-21(12-13-31-28(24)40-26)35(29(38)34-25)18-10-11-22(20(30)15-18)39-19-6-4-3-5-7-19/h2-7,10-13,15-17,25-26H,1,8-9,14H2,(H,32,36)(H,33,37)(H,34,38)/t16-,17+,25?,26?/m1/s1. The van der Waals surface area contributed by atoms with Gasteiger partial charge < -0.3 is 20.7 Å². The number of nitrogens with one attached hydrogen (secondary N) is 3. The SMILES string of the molecule is C=CC(=O)N[C@@H]1CC[C@H](NC(=O)C2Sc3nccc4c3C2NC(=O)N4c2ccc(Oc3ccccc3)c(Cl)c2)C1. The first-order valence-electron chi connectivity index (χ1n) is 12.9. The fourth-order valence-corrected chi connectivity index (χ4v) is 6.85. The maximum absolute atomic E-state index is 13.5. The number of carbonyl (C=O) groups excluding carboxylic acids is 3. The molecule has 1 fully saturated rings. The second kappa shape index (κ2) is 10.9. The number of anilines is 2. The number of ether oxygens (including phenoxy) is 1. The zero-order valence-corrected chi connectivity index (χ0v) is 22.9. The zero-order valence-electron chi connectivity index (χ0n) is 21.3. The van der Waals surface area contributed by atoms with Crippen molar-refractivity contribution in [3.8, 4) is 11.5 Å².